The summed E-state index contributed by atoms with van der Waals surface area (Å²) in [4.78, 5) is 10.9. The fourth-order valence-corrected chi connectivity index (χ4v) is 5.00. The maximum atomic E-state index is 10.9. The van der Waals surface area contributed by atoms with E-state index >= 15 is 0 Å². The smallest absolute Gasteiger partial charge is 0.328 e. The summed E-state index contributed by atoms with van der Waals surface area (Å²) in [5.74, 6) is -0.925. The van der Waals surface area contributed by atoms with Crippen LogP contribution in [0.25, 0.3) is 6.08 Å². The Labute approximate surface area is 173 Å². The molecule has 4 rings (SSSR count). The van der Waals surface area contributed by atoms with Gasteiger partial charge in [-0.25, -0.2) is 4.79 Å². The van der Waals surface area contributed by atoms with Crippen molar-refractivity contribution in [3.63, 3.8) is 0 Å². The van der Waals surface area contributed by atoms with Crippen molar-refractivity contribution in [2.45, 2.75) is 63.7 Å². The minimum Gasteiger partial charge on any atom is -0.478 e. The van der Waals surface area contributed by atoms with Gasteiger partial charge in [-0.2, -0.15) is 0 Å². The van der Waals surface area contributed by atoms with Crippen LogP contribution in [0.15, 0.2) is 42.5 Å². The van der Waals surface area contributed by atoms with Crippen molar-refractivity contribution in [3.8, 4) is 0 Å². The quantitative estimate of drug-likeness (QED) is 0.646. The standard InChI is InChI=1S/C26H31NO2/c1-24(2)12-13-25(3,4)20-15-18(8-9-19(20)24)26(5)16-27-22-10-6-17(14-21(22)26)7-11-23(28)29/h6-11,14-15,27H,12-13,16H2,1-5H3,(H,28,29). The van der Waals surface area contributed by atoms with Crippen LogP contribution in [0.3, 0.4) is 0 Å². The molecule has 1 aliphatic heterocycles. The highest BCUT2D eigenvalue weighted by molar-refractivity contribution is 5.85. The molecule has 0 saturated carbocycles. The van der Waals surface area contributed by atoms with E-state index in [-0.39, 0.29) is 16.2 Å². The van der Waals surface area contributed by atoms with E-state index in [1.54, 1.807) is 6.08 Å². The first kappa shape index (κ1) is 19.8. The molecule has 0 bridgehead atoms. The summed E-state index contributed by atoms with van der Waals surface area (Å²) in [6.07, 6.45) is 5.28. The van der Waals surface area contributed by atoms with Gasteiger partial charge in [0.1, 0.15) is 0 Å². The zero-order valence-corrected chi connectivity index (χ0v) is 18.1. The van der Waals surface area contributed by atoms with Crippen molar-refractivity contribution in [1.29, 1.82) is 0 Å². The highest BCUT2D eigenvalue weighted by Crippen LogP contribution is 2.49. The Bertz CT molecular complexity index is 1020. The summed E-state index contributed by atoms with van der Waals surface area (Å²) in [5.41, 5.74) is 7.81. The Morgan fingerprint density at radius 1 is 0.931 bits per heavy atom. The van der Waals surface area contributed by atoms with Crippen molar-refractivity contribution < 1.29 is 9.90 Å². The van der Waals surface area contributed by atoms with E-state index < -0.39 is 5.97 Å². The summed E-state index contributed by atoms with van der Waals surface area (Å²) in [6.45, 7) is 12.6. The number of aliphatic carboxylic acids is 1. The fraction of sp³-hybridized carbons (Fsp3) is 0.423. The molecule has 2 aliphatic rings. The van der Waals surface area contributed by atoms with Gasteiger partial charge in [0.25, 0.3) is 0 Å². The lowest BCUT2D eigenvalue weighted by molar-refractivity contribution is -0.131. The predicted molar refractivity (Wildman–Crippen MR) is 120 cm³/mol. The molecular formula is C26H31NO2. The van der Waals surface area contributed by atoms with E-state index in [0.717, 1.165) is 17.8 Å². The third kappa shape index (κ3) is 3.27. The van der Waals surface area contributed by atoms with Crippen LogP contribution in [0.4, 0.5) is 5.69 Å². The first-order chi connectivity index (χ1) is 13.5. The van der Waals surface area contributed by atoms with Crippen LogP contribution < -0.4 is 5.32 Å². The van der Waals surface area contributed by atoms with E-state index in [1.165, 1.54) is 41.2 Å². The van der Waals surface area contributed by atoms with Crippen LogP contribution in [0.5, 0.6) is 0 Å². The van der Waals surface area contributed by atoms with E-state index in [9.17, 15) is 4.79 Å². The summed E-state index contributed by atoms with van der Waals surface area (Å²) in [5, 5.41) is 12.5. The number of carbonyl (C=O) groups is 1. The van der Waals surface area contributed by atoms with Gasteiger partial charge in [0.2, 0.25) is 0 Å². The van der Waals surface area contributed by atoms with Gasteiger partial charge in [0.15, 0.2) is 0 Å². The van der Waals surface area contributed by atoms with Crippen LogP contribution in [-0.4, -0.2) is 17.6 Å². The van der Waals surface area contributed by atoms with Gasteiger partial charge < -0.3 is 10.4 Å². The Morgan fingerprint density at radius 2 is 1.62 bits per heavy atom. The second-order valence-electron chi connectivity index (χ2n) is 10.2. The van der Waals surface area contributed by atoms with Gasteiger partial charge >= 0.3 is 5.97 Å². The number of carboxylic acids is 1. The van der Waals surface area contributed by atoms with Crippen molar-refractivity contribution >= 4 is 17.7 Å². The molecule has 1 atom stereocenters. The largest absolute Gasteiger partial charge is 0.478 e. The number of fused-ring (bicyclic) bond motifs is 2. The first-order valence-corrected chi connectivity index (χ1v) is 10.5. The Kier molecular flexibility index (Phi) is 4.41. The monoisotopic (exact) mass is 389 g/mol. The third-order valence-corrected chi connectivity index (χ3v) is 7.18. The van der Waals surface area contributed by atoms with Crippen LogP contribution in [0.1, 0.15) is 75.3 Å². The average molecular weight is 390 g/mol. The fourth-order valence-electron chi connectivity index (χ4n) is 5.00. The molecule has 0 saturated heterocycles. The lowest BCUT2D eigenvalue weighted by Crippen LogP contribution is -2.35. The number of carboxylic acid groups (broad SMARTS) is 1. The molecule has 0 amide bonds. The molecule has 0 fully saturated rings. The first-order valence-electron chi connectivity index (χ1n) is 10.5. The van der Waals surface area contributed by atoms with Gasteiger partial charge in [-0.1, -0.05) is 52.0 Å². The van der Waals surface area contributed by atoms with Gasteiger partial charge in [0.05, 0.1) is 0 Å². The summed E-state index contributed by atoms with van der Waals surface area (Å²) in [6, 6.07) is 13.3. The molecule has 1 heterocycles. The summed E-state index contributed by atoms with van der Waals surface area (Å²) in [7, 11) is 0. The van der Waals surface area contributed by atoms with Crippen molar-refractivity contribution in [2.75, 3.05) is 11.9 Å². The molecule has 29 heavy (non-hydrogen) atoms. The minimum atomic E-state index is -0.925. The summed E-state index contributed by atoms with van der Waals surface area (Å²) < 4.78 is 0. The van der Waals surface area contributed by atoms with Gasteiger partial charge in [-0.05, 0) is 76.6 Å². The highest BCUT2D eigenvalue weighted by atomic mass is 16.4. The molecule has 0 radical (unpaired) electrons. The molecule has 2 N–H and O–H groups in total. The minimum absolute atomic E-state index is 0.144. The normalized spacial score (nSPS) is 24.0. The Balaban J connectivity index is 1.81. The highest BCUT2D eigenvalue weighted by Gasteiger charge is 2.40. The van der Waals surface area contributed by atoms with Crippen LogP contribution in [0, 0.1) is 0 Å². The maximum Gasteiger partial charge on any atom is 0.328 e. The number of rotatable bonds is 3. The second-order valence-corrected chi connectivity index (χ2v) is 10.2. The summed E-state index contributed by atoms with van der Waals surface area (Å²) >= 11 is 0. The molecule has 152 valence electrons. The van der Waals surface area contributed by atoms with Crippen molar-refractivity contribution in [1.82, 2.24) is 0 Å². The molecule has 3 heteroatoms. The van der Waals surface area contributed by atoms with E-state index in [4.69, 9.17) is 5.11 Å². The number of hydrogen-bond donors (Lipinski definition) is 2. The van der Waals surface area contributed by atoms with E-state index in [1.807, 2.05) is 6.07 Å². The predicted octanol–water partition coefficient (Wildman–Crippen LogP) is 5.86. The zero-order valence-electron chi connectivity index (χ0n) is 18.1. The topological polar surface area (TPSA) is 49.3 Å². The molecule has 2 aromatic rings. The molecule has 1 aliphatic carbocycles. The maximum absolute atomic E-state index is 10.9. The molecule has 1 unspecified atom stereocenters. The molecule has 0 spiro atoms. The van der Waals surface area contributed by atoms with Gasteiger partial charge in [-0.3, -0.25) is 0 Å². The number of benzene rings is 2. The van der Waals surface area contributed by atoms with E-state index in [2.05, 4.69) is 70.3 Å². The molecule has 0 aromatic heterocycles. The lowest BCUT2D eigenvalue weighted by Gasteiger charge is -2.42. The molecule has 3 nitrogen and oxygen atoms in total. The van der Waals surface area contributed by atoms with Crippen LogP contribution in [0.2, 0.25) is 0 Å². The number of nitrogens with one attached hydrogen (secondary N) is 1. The Hall–Kier alpha value is -2.55. The van der Waals surface area contributed by atoms with Gasteiger partial charge in [-0.15, -0.1) is 0 Å². The SMILES string of the molecule is CC1(C)CCC(C)(C)c2cc(C3(C)CNc4ccc(C=CC(=O)O)cc43)ccc21. The van der Waals surface area contributed by atoms with E-state index in [0.29, 0.717) is 0 Å². The zero-order chi connectivity index (χ0) is 21.0. The number of anilines is 1. The van der Waals surface area contributed by atoms with Crippen molar-refractivity contribution in [3.05, 3.63) is 70.3 Å². The third-order valence-electron chi connectivity index (χ3n) is 7.18. The number of hydrogen-bond acceptors (Lipinski definition) is 2. The Morgan fingerprint density at radius 3 is 2.31 bits per heavy atom. The molecular weight excluding hydrogens is 358 g/mol. The van der Waals surface area contributed by atoms with Crippen LogP contribution >= 0.6 is 0 Å². The lowest BCUT2D eigenvalue weighted by atomic mass is 9.62. The molecule has 2 aromatic carbocycles. The van der Waals surface area contributed by atoms with Gasteiger partial charge in [0, 0.05) is 23.7 Å². The second kappa shape index (κ2) is 6.48. The van der Waals surface area contributed by atoms with Crippen LogP contribution in [-0.2, 0) is 21.0 Å². The van der Waals surface area contributed by atoms with Crippen molar-refractivity contribution in [2.24, 2.45) is 0 Å². The average Bonchev–Trinajstić information content (AvgIpc) is 3.01.